The second-order valence-electron chi connectivity index (χ2n) is 6.87. The maximum atomic E-state index is 12.0. The Balaban J connectivity index is 1.66. The minimum Gasteiger partial charge on any atom is -0.497 e. The van der Waals surface area contributed by atoms with Gasteiger partial charge in [0.05, 0.1) is 14.2 Å². The number of rotatable bonds is 8. The lowest BCUT2D eigenvalue weighted by atomic mass is 10.1. The summed E-state index contributed by atoms with van der Waals surface area (Å²) in [5.74, 6) is 0.668. The average Bonchev–Trinajstić information content (AvgIpc) is 3.43. The molecule has 0 unspecified atom stereocenters. The van der Waals surface area contributed by atoms with Gasteiger partial charge < -0.3 is 19.1 Å². The lowest BCUT2D eigenvalue weighted by molar-refractivity contribution is -0.131. The number of fused-ring (bicyclic) bond motifs is 1. The van der Waals surface area contributed by atoms with Gasteiger partial charge in [0.25, 0.3) is 0 Å². The second-order valence-corrected chi connectivity index (χ2v) is 7.88. The molecular weight excluding hydrogens is 428 g/mol. The summed E-state index contributed by atoms with van der Waals surface area (Å²) >= 11 is 0.989. The molecule has 2 aromatic heterocycles. The number of methoxy groups -OCH3 is 2. The van der Waals surface area contributed by atoms with Gasteiger partial charge in [-0.05, 0) is 43.0 Å². The van der Waals surface area contributed by atoms with E-state index in [-0.39, 0.29) is 4.91 Å². The molecule has 164 valence electrons. The van der Waals surface area contributed by atoms with Crippen molar-refractivity contribution in [3.05, 3.63) is 59.1 Å². The number of hydrogen-bond acceptors (Lipinski definition) is 6. The molecule has 4 aromatic rings. The Morgan fingerprint density at radius 2 is 1.91 bits per heavy atom. The van der Waals surface area contributed by atoms with Crippen LogP contribution in [0.2, 0.25) is 0 Å². The molecule has 0 saturated heterocycles. The first-order valence-electron chi connectivity index (χ1n) is 9.89. The van der Waals surface area contributed by atoms with E-state index in [1.165, 1.54) is 0 Å². The Labute approximate surface area is 188 Å². The zero-order valence-electron chi connectivity index (χ0n) is 17.8. The number of benzene rings is 2. The van der Waals surface area contributed by atoms with Crippen molar-refractivity contribution >= 4 is 34.7 Å². The molecule has 2 aromatic carbocycles. The van der Waals surface area contributed by atoms with Crippen LogP contribution in [0, 0.1) is 0 Å². The predicted octanol–water partition coefficient (Wildman–Crippen LogP) is 4.68. The molecule has 8 nitrogen and oxygen atoms in total. The maximum Gasteiger partial charge on any atom is 0.342 e. The Morgan fingerprint density at radius 1 is 1.19 bits per heavy atom. The Kier molecular flexibility index (Phi) is 6.18. The normalized spacial score (nSPS) is 11.7. The number of carbonyl (C=O) groups is 1. The van der Waals surface area contributed by atoms with Crippen LogP contribution in [-0.2, 0) is 11.3 Å². The van der Waals surface area contributed by atoms with Gasteiger partial charge >= 0.3 is 5.97 Å². The SMILES string of the molecule is CCn1cc(/C=C(\Sc2n[nH]c(-c3cc(OC)cc(OC)c3)n2)C(=O)O)c2ccccc21. The number of ether oxygens (including phenoxy) is 2. The third-order valence-electron chi connectivity index (χ3n) is 4.95. The van der Waals surface area contributed by atoms with Crippen LogP contribution in [0.25, 0.3) is 28.4 Å². The first-order valence-corrected chi connectivity index (χ1v) is 10.7. The number of aromatic amines is 1. The van der Waals surface area contributed by atoms with Crippen molar-refractivity contribution in [3.63, 3.8) is 0 Å². The van der Waals surface area contributed by atoms with Crippen LogP contribution < -0.4 is 9.47 Å². The molecule has 0 bridgehead atoms. The topological polar surface area (TPSA) is 102 Å². The molecule has 0 aliphatic carbocycles. The molecule has 0 amide bonds. The summed E-state index contributed by atoms with van der Waals surface area (Å²) in [7, 11) is 3.14. The third-order valence-corrected chi connectivity index (χ3v) is 5.83. The molecule has 0 atom stereocenters. The van der Waals surface area contributed by atoms with Crippen LogP contribution in [0.15, 0.2) is 58.7 Å². The Bertz CT molecular complexity index is 1290. The lowest BCUT2D eigenvalue weighted by Gasteiger charge is -2.06. The number of para-hydroxylation sites is 1. The standard InChI is InChI=1S/C23H22N4O4S/c1-4-27-13-15(18-7-5-6-8-19(18)27)11-20(22(28)29)32-23-24-21(25-26-23)14-9-16(30-2)12-17(10-14)31-3/h5-13H,4H2,1-3H3,(H,28,29)(H,24,25,26)/b20-11-. The summed E-state index contributed by atoms with van der Waals surface area (Å²) in [5.41, 5.74) is 2.61. The quantitative estimate of drug-likeness (QED) is 0.297. The van der Waals surface area contributed by atoms with Crippen molar-refractivity contribution in [2.24, 2.45) is 0 Å². The van der Waals surface area contributed by atoms with Gasteiger partial charge in [0, 0.05) is 40.8 Å². The van der Waals surface area contributed by atoms with Gasteiger partial charge in [0.15, 0.2) is 5.82 Å². The van der Waals surface area contributed by atoms with Crippen LogP contribution in [-0.4, -0.2) is 45.0 Å². The summed E-state index contributed by atoms with van der Waals surface area (Å²) in [6, 6.07) is 13.3. The smallest absolute Gasteiger partial charge is 0.342 e. The van der Waals surface area contributed by atoms with E-state index in [0.29, 0.717) is 28.0 Å². The number of thioether (sulfide) groups is 1. The van der Waals surface area contributed by atoms with Crippen molar-refractivity contribution in [1.82, 2.24) is 19.7 Å². The van der Waals surface area contributed by atoms with E-state index in [1.807, 2.05) is 30.5 Å². The first kappa shape index (κ1) is 21.5. The number of carboxylic acid groups (broad SMARTS) is 1. The monoisotopic (exact) mass is 450 g/mol. The third kappa shape index (κ3) is 4.33. The zero-order valence-corrected chi connectivity index (χ0v) is 18.6. The van der Waals surface area contributed by atoms with E-state index < -0.39 is 5.97 Å². The van der Waals surface area contributed by atoms with Gasteiger partial charge in [0.2, 0.25) is 5.16 Å². The van der Waals surface area contributed by atoms with Crippen LogP contribution in [0.1, 0.15) is 12.5 Å². The van der Waals surface area contributed by atoms with Crippen molar-refractivity contribution in [3.8, 4) is 22.9 Å². The fraction of sp³-hybridized carbons (Fsp3) is 0.174. The maximum absolute atomic E-state index is 12.0. The highest BCUT2D eigenvalue weighted by Crippen LogP contribution is 2.32. The summed E-state index contributed by atoms with van der Waals surface area (Å²) in [5, 5.41) is 18.1. The number of aliphatic carboxylic acids is 1. The van der Waals surface area contributed by atoms with Crippen molar-refractivity contribution in [2.75, 3.05) is 14.2 Å². The summed E-state index contributed by atoms with van der Waals surface area (Å²) in [6.45, 7) is 2.84. The highest BCUT2D eigenvalue weighted by atomic mass is 32.2. The predicted molar refractivity (Wildman–Crippen MR) is 124 cm³/mol. The van der Waals surface area contributed by atoms with Crippen molar-refractivity contribution in [2.45, 2.75) is 18.6 Å². The molecule has 9 heteroatoms. The minimum absolute atomic E-state index is 0.123. The number of carboxylic acids is 1. The highest BCUT2D eigenvalue weighted by molar-refractivity contribution is 8.04. The fourth-order valence-corrected chi connectivity index (χ4v) is 4.09. The molecule has 0 saturated carbocycles. The molecule has 0 aliphatic heterocycles. The molecule has 2 heterocycles. The molecule has 0 aliphatic rings. The molecule has 4 rings (SSSR count). The second kappa shape index (κ2) is 9.19. The van der Waals surface area contributed by atoms with Crippen LogP contribution in [0.3, 0.4) is 0 Å². The Morgan fingerprint density at radius 3 is 2.56 bits per heavy atom. The number of nitrogens with zero attached hydrogens (tertiary/aromatic N) is 3. The number of hydrogen-bond donors (Lipinski definition) is 2. The number of aromatic nitrogens is 4. The van der Waals surface area contributed by atoms with E-state index in [9.17, 15) is 9.90 Å². The average molecular weight is 451 g/mol. The van der Waals surface area contributed by atoms with Crippen molar-refractivity contribution in [1.29, 1.82) is 0 Å². The van der Waals surface area contributed by atoms with Crippen molar-refractivity contribution < 1.29 is 19.4 Å². The van der Waals surface area contributed by atoms with E-state index in [1.54, 1.807) is 38.5 Å². The summed E-state index contributed by atoms with van der Waals surface area (Å²) in [4.78, 5) is 16.5. The molecule has 2 N–H and O–H groups in total. The largest absolute Gasteiger partial charge is 0.497 e. The number of nitrogens with one attached hydrogen (secondary N) is 1. The van der Waals surface area contributed by atoms with Gasteiger partial charge in [0.1, 0.15) is 16.4 Å². The molecular formula is C23H22N4O4S. The first-order chi connectivity index (χ1) is 15.5. The molecule has 0 spiro atoms. The van der Waals surface area contributed by atoms with Crippen LogP contribution >= 0.6 is 11.8 Å². The Hall–Kier alpha value is -3.72. The molecule has 32 heavy (non-hydrogen) atoms. The van der Waals surface area contributed by atoms with Crippen LogP contribution in [0.5, 0.6) is 11.5 Å². The van der Waals surface area contributed by atoms with Gasteiger partial charge in [-0.2, -0.15) is 0 Å². The summed E-state index contributed by atoms with van der Waals surface area (Å²) < 4.78 is 12.7. The lowest BCUT2D eigenvalue weighted by Crippen LogP contribution is -1.97. The van der Waals surface area contributed by atoms with Gasteiger partial charge in [-0.1, -0.05) is 18.2 Å². The fourth-order valence-electron chi connectivity index (χ4n) is 3.39. The zero-order chi connectivity index (χ0) is 22.7. The van der Waals surface area contributed by atoms with Gasteiger partial charge in [-0.15, -0.1) is 5.10 Å². The number of H-pyrrole nitrogens is 1. The van der Waals surface area contributed by atoms with Crippen LogP contribution in [0.4, 0.5) is 0 Å². The molecule has 0 radical (unpaired) electrons. The number of aryl methyl sites for hydroxylation is 1. The summed E-state index contributed by atoms with van der Waals surface area (Å²) in [6.07, 6.45) is 3.62. The van der Waals surface area contributed by atoms with Gasteiger partial charge in [-0.25, -0.2) is 9.78 Å². The van der Waals surface area contributed by atoms with E-state index in [2.05, 4.69) is 26.7 Å². The molecule has 0 fully saturated rings. The minimum atomic E-state index is -1.04. The highest BCUT2D eigenvalue weighted by Gasteiger charge is 2.17. The van der Waals surface area contributed by atoms with E-state index in [0.717, 1.165) is 34.8 Å². The van der Waals surface area contributed by atoms with E-state index in [4.69, 9.17) is 9.47 Å². The van der Waals surface area contributed by atoms with E-state index >= 15 is 0 Å². The van der Waals surface area contributed by atoms with Gasteiger partial charge in [-0.3, -0.25) is 5.10 Å².